The predicted molar refractivity (Wildman–Crippen MR) is 108 cm³/mol. The van der Waals surface area contributed by atoms with Crippen molar-refractivity contribution in [3.05, 3.63) is 70.8 Å². The second-order valence-corrected chi connectivity index (χ2v) is 6.96. The molecule has 0 spiro atoms. The first-order valence-electron chi connectivity index (χ1n) is 9.16. The van der Waals surface area contributed by atoms with Gasteiger partial charge in [0.2, 0.25) is 0 Å². The van der Waals surface area contributed by atoms with Gasteiger partial charge in [-0.15, -0.1) is 0 Å². The highest BCUT2D eigenvalue weighted by atomic mass is 31.0. The molecule has 0 saturated carbocycles. The zero-order chi connectivity index (χ0) is 24.7. The van der Waals surface area contributed by atoms with Crippen LogP contribution in [0.1, 0.15) is 46.8 Å². The lowest BCUT2D eigenvalue weighted by Gasteiger charge is -2.22. The van der Waals surface area contributed by atoms with Gasteiger partial charge in [-0.2, -0.15) is 26.3 Å². The minimum Gasteiger partial charge on any atom is -0.465 e. The molecule has 4 nitrogen and oxygen atoms in total. The van der Waals surface area contributed by atoms with E-state index in [9.17, 15) is 35.9 Å². The molecular formula is C21H21F6O4P. The number of Topliss-reactive ketones (excluding diaryl/α,β-unsaturated/α-hetero) is 1. The maximum absolute atomic E-state index is 13.5. The van der Waals surface area contributed by atoms with E-state index >= 15 is 0 Å². The van der Waals surface area contributed by atoms with E-state index in [2.05, 4.69) is 0 Å². The van der Waals surface area contributed by atoms with Crippen LogP contribution >= 0.6 is 9.12 Å². The van der Waals surface area contributed by atoms with E-state index in [0.29, 0.717) is 27.3 Å². The van der Waals surface area contributed by atoms with E-state index in [4.69, 9.17) is 9.30 Å². The summed E-state index contributed by atoms with van der Waals surface area (Å²) in [6.07, 6.45) is -10.5. The first-order chi connectivity index (χ1) is 14.8. The van der Waals surface area contributed by atoms with E-state index in [1.165, 1.54) is 30.3 Å². The maximum Gasteiger partial charge on any atom is 0.417 e. The zero-order valence-corrected chi connectivity index (χ0v) is 18.5. The number of alkyl halides is 6. The maximum atomic E-state index is 13.5. The van der Waals surface area contributed by atoms with Gasteiger partial charge in [-0.05, 0) is 23.6 Å². The van der Waals surface area contributed by atoms with Gasteiger partial charge >= 0.3 is 18.3 Å². The molecule has 0 aliphatic carbocycles. The molecule has 0 radical (unpaired) electrons. The van der Waals surface area contributed by atoms with Crippen molar-refractivity contribution in [2.24, 2.45) is 5.92 Å². The Balaban J connectivity index is 0.00000249. The molecule has 2 atom stereocenters. The smallest absolute Gasteiger partial charge is 0.417 e. The number of benzene rings is 2. The molecule has 0 saturated heterocycles. The van der Waals surface area contributed by atoms with Crippen molar-refractivity contribution in [1.82, 2.24) is 0 Å². The standard InChI is InChI=1S/C21H18F6O3.H3OP/c1-12(2)11-30-19(29)16(13-7-4-3-5-8-13)18(28)17-14(20(22,23)24)9-6-10-15(17)21(25,26)27;1-2/h3-10,12,16H,11H2,1-2H3;2H3. The summed E-state index contributed by atoms with van der Waals surface area (Å²) >= 11 is 0. The second-order valence-electron chi connectivity index (χ2n) is 6.96. The highest BCUT2D eigenvalue weighted by Crippen LogP contribution is 2.41. The summed E-state index contributed by atoms with van der Waals surface area (Å²) in [6.45, 7) is 3.23. The van der Waals surface area contributed by atoms with Crippen LogP contribution in [0.5, 0.6) is 0 Å². The van der Waals surface area contributed by atoms with E-state index in [0.717, 1.165) is 0 Å². The molecule has 0 heterocycles. The fourth-order valence-corrected chi connectivity index (χ4v) is 2.81. The van der Waals surface area contributed by atoms with Gasteiger partial charge in [0, 0.05) is 5.56 Å². The summed E-state index contributed by atoms with van der Waals surface area (Å²) in [7, 11) is 0.611. The first-order valence-corrected chi connectivity index (χ1v) is 9.73. The molecule has 2 aromatic carbocycles. The molecule has 0 N–H and O–H groups in total. The van der Waals surface area contributed by atoms with Gasteiger partial charge in [0.05, 0.1) is 26.9 Å². The second kappa shape index (κ2) is 11.3. The Morgan fingerprint density at radius 2 is 1.31 bits per heavy atom. The number of ether oxygens (including phenoxy) is 1. The number of carbonyl (C=O) groups excluding carboxylic acids is 2. The summed E-state index contributed by atoms with van der Waals surface area (Å²) in [6, 6.07) is 8.20. The molecule has 11 heteroatoms. The summed E-state index contributed by atoms with van der Waals surface area (Å²) in [5.41, 5.74) is -5.20. The topological polar surface area (TPSA) is 60.4 Å². The van der Waals surface area contributed by atoms with Gasteiger partial charge < -0.3 is 9.30 Å². The van der Waals surface area contributed by atoms with Crippen molar-refractivity contribution >= 4 is 20.9 Å². The van der Waals surface area contributed by atoms with Gasteiger partial charge in [-0.1, -0.05) is 50.2 Å². The van der Waals surface area contributed by atoms with Crippen LogP contribution in [0.2, 0.25) is 0 Å². The van der Waals surface area contributed by atoms with Crippen LogP contribution in [0.25, 0.3) is 0 Å². The van der Waals surface area contributed by atoms with Crippen molar-refractivity contribution in [3.8, 4) is 0 Å². The van der Waals surface area contributed by atoms with Gasteiger partial charge in [0.15, 0.2) is 5.78 Å². The molecule has 0 bridgehead atoms. The Hall–Kier alpha value is -2.61. The quantitative estimate of drug-likeness (QED) is 0.171. The SMILES string of the molecule is CC(C)COC(=O)C(C(=O)c1c(C(F)(F)F)cccc1C(F)(F)F)c1ccccc1.O=[PH3]. The van der Waals surface area contributed by atoms with E-state index in [-0.39, 0.29) is 18.1 Å². The number of rotatable bonds is 6. The van der Waals surface area contributed by atoms with Crippen LogP contribution in [0.15, 0.2) is 48.5 Å². The Labute approximate surface area is 182 Å². The van der Waals surface area contributed by atoms with Gasteiger partial charge in [0.25, 0.3) is 0 Å². The Kier molecular flexibility index (Phi) is 9.70. The third-order valence-electron chi connectivity index (χ3n) is 4.11. The number of carbonyl (C=O) groups is 2. The van der Waals surface area contributed by atoms with Gasteiger partial charge in [-0.25, -0.2) is 0 Å². The molecular weight excluding hydrogens is 461 g/mol. The summed E-state index contributed by atoms with van der Waals surface area (Å²) in [5, 5.41) is 0. The number of halogens is 6. The van der Waals surface area contributed by atoms with Crippen LogP contribution in [0.3, 0.4) is 0 Å². The summed E-state index contributed by atoms with van der Waals surface area (Å²) < 4.78 is 94.0. The molecule has 32 heavy (non-hydrogen) atoms. The molecule has 2 unspecified atom stereocenters. The van der Waals surface area contributed by atoms with Crippen LogP contribution in [0, 0.1) is 5.92 Å². The van der Waals surface area contributed by atoms with Crippen molar-refractivity contribution < 1.29 is 45.2 Å². The minimum atomic E-state index is -5.24. The fourth-order valence-electron chi connectivity index (χ4n) is 2.81. The molecule has 176 valence electrons. The van der Waals surface area contributed by atoms with Crippen molar-refractivity contribution in [2.45, 2.75) is 32.1 Å². The Morgan fingerprint density at radius 3 is 1.72 bits per heavy atom. The summed E-state index contributed by atoms with van der Waals surface area (Å²) in [5.74, 6) is -4.98. The normalized spacial score (nSPS) is 12.7. The number of hydrogen-bond donors (Lipinski definition) is 0. The number of esters is 1. The first kappa shape index (κ1) is 27.4. The van der Waals surface area contributed by atoms with Gasteiger partial charge in [-0.3, -0.25) is 9.59 Å². The lowest BCUT2D eigenvalue weighted by molar-refractivity contribution is -0.147. The molecule has 2 rings (SSSR count). The highest BCUT2D eigenvalue weighted by Gasteiger charge is 2.45. The average molecular weight is 482 g/mol. The fraction of sp³-hybridized carbons (Fsp3) is 0.333. The monoisotopic (exact) mass is 482 g/mol. The van der Waals surface area contributed by atoms with Crippen LogP contribution in [0.4, 0.5) is 26.3 Å². The van der Waals surface area contributed by atoms with Crippen LogP contribution in [-0.4, -0.2) is 18.4 Å². The zero-order valence-electron chi connectivity index (χ0n) is 17.1. The number of hydrogen-bond acceptors (Lipinski definition) is 4. The van der Waals surface area contributed by atoms with Crippen molar-refractivity contribution in [2.75, 3.05) is 6.61 Å². The van der Waals surface area contributed by atoms with Crippen LogP contribution < -0.4 is 0 Å². The molecule has 0 fully saturated rings. The number of ketones is 1. The van der Waals surface area contributed by atoms with E-state index in [1.54, 1.807) is 13.8 Å². The molecule has 0 amide bonds. The van der Waals surface area contributed by atoms with Crippen molar-refractivity contribution in [3.63, 3.8) is 0 Å². The molecule has 0 aromatic heterocycles. The third-order valence-corrected chi connectivity index (χ3v) is 4.11. The third kappa shape index (κ3) is 6.95. The molecule has 0 aliphatic rings. The van der Waals surface area contributed by atoms with Crippen molar-refractivity contribution in [1.29, 1.82) is 0 Å². The largest absolute Gasteiger partial charge is 0.465 e. The highest BCUT2D eigenvalue weighted by molar-refractivity contribution is 7.00. The van der Waals surface area contributed by atoms with E-state index in [1.807, 2.05) is 0 Å². The predicted octanol–water partition coefficient (Wildman–Crippen LogP) is 5.83. The average Bonchev–Trinajstić information content (AvgIpc) is 2.72. The lowest BCUT2D eigenvalue weighted by atomic mass is 9.85. The van der Waals surface area contributed by atoms with Gasteiger partial charge in [0.1, 0.15) is 5.92 Å². The summed E-state index contributed by atoms with van der Waals surface area (Å²) in [4.78, 5) is 25.6. The molecule has 2 aromatic rings. The Morgan fingerprint density at radius 1 is 0.844 bits per heavy atom. The molecule has 0 aliphatic heterocycles. The van der Waals surface area contributed by atoms with Crippen LogP contribution in [-0.2, 0) is 26.4 Å². The minimum absolute atomic E-state index is 0.0682. The van der Waals surface area contributed by atoms with E-state index < -0.39 is 46.7 Å². The lowest BCUT2D eigenvalue weighted by Crippen LogP contribution is -2.29. The Bertz CT molecular complexity index is 894.